The van der Waals surface area contributed by atoms with E-state index in [4.69, 9.17) is 27.9 Å². The maximum Gasteiger partial charge on any atom is 0.198 e. The molecule has 20 heavy (non-hydrogen) atoms. The van der Waals surface area contributed by atoms with Crippen LogP contribution in [0.4, 0.5) is 8.78 Å². The molecule has 0 aliphatic carbocycles. The molecule has 0 saturated carbocycles. The highest BCUT2D eigenvalue weighted by molar-refractivity contribution is 6.42. The van der Waals surface area contributed by atoms with Crippen molar-refractivity contribution in [3.8, 4) is 11.5 Å². The zero-order valence-corrected chi connectivity index (χ0v) is 12.0. The highest BCUT2D eigenvalue weighted by Crippen LogP contribution is 2.36. The molecular weight excluding hydrogens is 307 g/mol. The highest BCUT2D eigenvalue weighted by Gasteiger charge is 2.15. The Morgan fingerprint density at radius 2 is 1.80 bits per heavy atom. The molecule has 0 aliphatic rings. The summed E-state index contributed by atoms with van der Waals surface area (Å²) in [5, 5.41) is 3.16. The normalized spacial score (nSPS) is 10.7. The summed E-state index contributed by atoms with van der Waals surface area (Å²) in [7, 11) is 1.69. The molecular formula is C14H11Cl2F2NO. The summed E-state index contributed by atoms with van der Waals surface area (Å²) in [6.07, 6.45) is 0. The third-order valence-corrected chi connectivity index (χ3v) is 3.37. The number of hydrogen-bond acceptors (Lipinski definition) is 2. The predicted octanol–water partition coefficient (Wildman–Crippen LogP) is 4.78. The van der Waals surface area contributed by atoms with Crippen LogP contribution in [-0.4, -0.2) is 7.05 Å². The maximum absolute atomic E-state index is 13.9. The minimum atomic E-state index is -0.800. The second-order valence-corrected chi connectivity index (χ2v) is 4.86. The van der Waals surface area contributed by atoms with Gasteiger partial charge in [-0.05, 0) is 36.9 Å². The van der Waals surface area contributed by atoms with E-state index in [2.05, 4.69) is 5.32 Å². The first-order chi connectivity index (χ1) is 9.52. The fraction of sp³-hybridized carbons (Fsp3) is 0.143. The molecule has 1 N–H and O–H groups in total. The standard InChI is InChI=1S/C14H11Cl2F2NO/c1-19-7-8-5-10(17)14(11(18)6-8)20-12-4-2-3-9(15)13(12)16/h2-6,19H,7H2,1H3. The Labute approximate surface area is 125 Å². The predicted molar refractivity (Wildman–Crippen MR) is 75.7 cm³/mol. The molecule has 0 amide bonds. The van der Waals surface area contributed by atoms with E-state index < -0.39 is 17.4 Å². The minimum absolute atomic E-state index is 0.0957. The van der Waals surface area contributed by atoms with Crippen molar-refractivity contribution in [1.29, 1.82) is 0 Å². The van der Waals surface area contributed by atoms with Gasteiger partial charge in [-0.3, -0.25) is 0 Å². The fourth-order valence-corrected chi connectivity index (χ4v) is 2.02. The topological polar surface area (TPSA) is 21.3 Å². The first kappa shape index (κ1) is 15.0. The Morgan fingerprint density at radius 3 is 2.40 bits per heavy atom. The third-order valence-electron chi connectivity index (χ3n) is 2.57. The van der Waals surface area contributed by atoms with E-state index in [9.17, 15) is 8.78 Å². The van der Waals surface area contributed by atoms with E-state index in [1.165, 1.54) is 18.2 Å². The van der Waals surface area contributed by atoms with Gasteiger partial charge in [-0.15, -0.1) is 0 Å². The molecule has 2 aromatic rings. The molecule has 0 atom stereocenters. The van der Waals surface area contributed by atoms with Gasteiger partial charge in [0.25, 0.3) is 0 Å². The molecule has 0 unspecified atom stereocenters. The second-order valence-electron chi connectivity index (χ2n) is 4.07. The first-order valence-corrected chi connectivity index (χ1v) is 6.53. The van der Waals surface area contributed by atoms with Gasteiger partial charge in [0, 0.05) is 6.54 Å². The van der Waals surface area contributed by atoms with Crippen LogP contribution in [0.5, 0.6) is 11.5 Å². The van der Waals surface area contributed by atoms with Crippen LogP contribution in [0.1, 0.15) is 5.56 Å². The van der Waals surface area contributed by atoms with Crippen LogP contribution in [0.25, 0.3) is 0 Å². The minimum Gasteiger partial charge on any atom is -0.450 e. The molecule has 106 valence electrons. The summed E-state index contributed by atoms with van der Waals surface area (Å²) < 4.78 is 33.0. The number of hydrogen-bond donors (Lipinski definition) is 1. The van der Waals surface area contributed by atoms with E-state index >= 15 is 0 Å². The lowest BCUT2D eigenvalue weighted by molar-refractivity contribution is 0.406. The average molecular weight is 318 g/mol. The quantitative estimate of drug-likeness (QED) is 0.876. The number of rotatable bonds is 4. The van der Waals surface area contributed by atoms with Crippen LogP contribution >= 0.6 is 23.2 Å². The van der Waals surface area contributed by atoms with Gasteiger partial charge in [0.2, 0.25) is 0 Å². The molecule has 0 heterocycles. The lowest BCUT2D eigenvalue weighted by atomic mass is 10.2. The van der Waals surface area contributed by atoms with Crippen molar-refractivity contribution in [2.75, 3.05) is 7.05 Å². The monoisotopic (exact) mass is 317 g/mol. The van der Waals surface area contributed by atoms with Crippen molar-refractivity contribution >= 4 is 23.2 Å². The van der Waals surface area contributed by atoms with Crippen LogP contribution in [0.2, 0.25) is 10.0 Å². The molecule has 0 spiro atoms. The van der Waals surface area contributed by atoms with Crippen molar-refractivity contribution in [3.63, 3.8) is 0 Å². The molecule has 0 saturated heterocycles. The number of ether oxygens (including phenoxy) is 1. The molecule has 2 rings (SSSR count). The first-order valence-electron chi connectivity index (χ1n) is 5.77. The van der Waals surface area contributed by atoms with E-state index in [0.717, 1.165) is 0 Å². The van der Waals surface area contributed by atoms with Crippen LogP contribution in [0.3, 0.4) is 0 Å². The lowest BCUT2D eigenvalue weighted by Crippen LogP contribution is -2.06. The van der Waals surface area contributed by atoms with Gasteiger partial charge in [0.15, 0.2) is 17.4 Å². The summed E-state index contributed by atoms with van der Waals surface area (Å²) >= 11 is 11.7. The van der Waals surface area contributed by atoms with E-state index in [-0.39, 0.29) is 15.8 Å². The van der Waals surface area contributed by atoms with E-state index in [1.807, 2.05) is 0 Å². The number of benzene rings is 2. The zero-order chi connectivity index (χ0) is 14.7. The SMILES string of the molecule is CNCc1cc(F)c(Oc2cccc(Cl)c2Cl)c(F)c1. The van der Waals surface area contributed by atoms with Crippen molar-refractivity contribution in [1.82, 2.24) is 5.32 Å². The maximum atomic E-state index is 13.9. The zero-order valence-electron chi connectivity index (χ0n) is 10.5. The van der Waals surface area contributed by atoms with Crippen molar-refractivity contribution in [2.45, 2.75) is 6.54 Å². The van der Waals surface area contributed by atoms with Crippen molar-refractivity contribution in [3.05, 3.63) is 57.6 Å². The molecule has 0 fully saturated rings. The number of nitrogens with one attached hydrogen (secondary N) is 1. The average Bonchev–Trinajstić information content (AvgIpc) is 2.39. The Kier molecular flexibility index (Phi) is 4.81. The number of halogens is 4. The molecule has 2 nitrogen and oxygen atoms in total. The van der Waals surface area contributed by atoms with Gasteiger partial charge in [-0.1, -0.05) is 29.3 Å². The summed E-state index contributed by atoms with van der Waals surface area (Å²) in [5.74, 6) is -2.01. The molecule has 0 aliphatic heterocycles. The van der Waals surface area contributed by atoms with Crippen LogP contribution in [0, 0.1) is 11.6 Å². The molecule has 2 aromatic carbocycles. The van der Waals surface area contributed by atoms with E-state index in [0.29, 0.717) is 12.1 Å². The van der Waals surface area contributed by atoms with Gasteiger partial charge < -0.3 is 10.1 Å². The van der Waals surface area contributed by atoms with Crippen molar-refractivity contribution in [2.24, 2.45) is 0 Å². The Balaban J connectivity index is 2.36. The third kappa shape index (κ3) is 3.20. The van der Waals surface area contributed by atoms with E-state index in [1.54, 1.807) is 19.2 Å². The molecule has 0 bridgehead atoms. The smallest absolute Gasteiger partial charge is 0.198 e. The van der Waals surface area contributed by atoms with Gasteiger partial charge in [-0.2, -0.15) is 0 Å². The Morgan fingerprint density at radius 1 is 1.15 bits per heavy atom. The molecule has 0 radical (unpaired) electrons. The molecule has 0 aromatic heterocycles. The lowest BCUT2D eigenvalue weighted by Gasteiger charge is -2.11. The summed E-state index contributed by atoms with van der Waals surface area (Å²) in [4.78, 5) is 0. The van der Waals surface area contributed by atoms with Crippen LogP contribution in [-0.2, 0) is 6.54 Å². The van der Waals surface area contributed by atoms with Crippen LogP contribution < -0.4 is 10.1 Å². The van der Waals surface area contributed by atoms with Gasteiger partial charge in [-0.25, -0.2) is 8.78 Å². The Hall–Kier alpha value is -1.36. The summed E-state index contributed by atoms with van der Waals surface area (Å²) in [6.45, 7) is 0.353. The van der Waals surface area contributed by atoms with Crippen LogP contribution in [0.15, 0.2) is 30.3 Å². The van der Waals surface area contributed by atoms with Gasteiger partial charge in [0.1, 0.15) is 10.8 Å². The summed E-state index contributed by atoms with van der Waals surface area (Å²) in [6, 6.07) is 7.02. The molecule has 6 heteroatoms. The summed E-state index contributed by atoms with van der Waals surface area (Å²) in [5.41, 5.74) is 0.479. The van der Waals surface area contributed by atoms with Crippen molar-refractivity contribution < 1.29 is 13.5 Å². The highest BCUT2D eigenvalue weighted by atomic mass is 35.5. The largest absolute Gasteiger partial charge is 0.450 e. The van der Waals surface area contributed by atoms with Gasteiger partial charge >= 0.3 is 0 Å². The second kappa shape index (κ2) is 6.39. The van der Waals surface area contributed by atoms with Gasteiger partial charge in [0.05, 0.1) is 5.02 Å². The fourth-order valence-electron chi connectivity index (χ4n) is 1.69. The Bertz CT molecular complexity index is 612.